The van der Waals surface area contributed by atoms with Crippen LogP contribution in [0.4, 0.5) is 10.2 Å². The molecule has 2 atom stereocenters. The molecule has 39 heavy (non-hydrogen) atoms. The van der Waals surface area contributed by atoms with E-state index >= 15 is 4.39 Å². The Bertz CT molecular complexity index is 1570. The van der Waals surface area contributed by atoms with E-state index in [-0.39, 0.29) is 28.4 Å². The van der Waals surface area contributed by atoms with E-state index in [9.17, 15) is 5.11 Å². The highest BCUT2D eigenvalue weighted by molar-refractivity contribution is 6.32. The van der Waals surface area contributed by atoms with Gasteiger partial charge in [-0.25, -0.2) is 14.4 Å². The summed E-state index contributed by atoms with van der Waals surface area (Å²) in [7, 11) is 0. The zero-order chi connectivity index (χ0) is 26.3. The number of hydrogen-bond acceptors (Lipinski definition) is 7. The number of anilines is 1. The van der Waals surface area contributed by atoms with Gasteiger partial charge in [0.25, 0.3) is 0 Å². The first-order valence-electron chi connectivity index (χ1n) is 14.2. The molecule has 0 amide bonds. The molecule has 1 saturated carbocycles. The van der Waals surface area contributed by atoms with Crippen molar-refractivity contribution < 1.29 is 9.50 Å². The largest absolute Gasteiger partial charge is 0.508 e. The van der Waals surface area contributed by atoms with E-state index in [1.807, 2.05) is 0 Å². The number of rotatable bonds is 3. The van der Waals surface area contributed by atoms with Crippen LogP contribution in [0, 0.1) is 17.7 Å². The van der Waals surface area contributed by atoms with Crippen LogP contribution in [0.2, 0.25) is 5.02 Å². The molecule has 5 aliphatic rings. The third-order valence-corrected chi connectivity index (χ3v) is 9.71. The Morgan fingerprint density at radius 1 is 1.15 bits per heavy atom. The van der Waals surface area contributed by atoms with Gasteiger partial charge in [0.1, 0.15) is 22.8 Å². The van der Waals surface area contributed by atoms with Gasteiger partial charge in [-0.2, -0.15) is 0 Å². The number of aromatic hydroxyl groups is 1. The molecule has 2 aromatic heterocycles. The Hall–Kier alpha value is -2.99. The van der Waals surface area contributed by atoms with Crippen LogP contribution in [0.25, 0.3) is 22.2 Å². The minimum Gasteiger partial charge on any atom is -0.508 e. The molecule has 6 heterocycles. The lowest BCUT2D eigenvalue weighted by molar-refractivity contribution is 0.261. The molecule has 9 heteroatoms. The fraction of sp³-hybridized carbons (Fsp3) is 0.500. The Kier molecular flexibility index (Phi) is 5.36. The molecule has 3 aromatic rings. The van der Waals surface area contributed by atoms with Crippen LogP contribution in [-0.2, 0) is 0 Å². The molecular weight excluding hydrogens is 515 g/mol. The van der Waals surface area contributed by atoms with E-state index in [4.69, 9.17) is 21.6 Å². The standard InChI is InChI=1S/C30H30ClFN6O/c31-23-13-20(39)12-21(25(23)17-3-4-17)27-26(32)28-22(15-34-27)29(38-16-18-11-19(38)14-33-18)36-24(35-28)5-8-30-6-1-9-37(30)10-2-7-30/h12-13,15,17-19,33,39H,1-4,6-7,9-11,14,16H2/t18-,19-/m0/s1. The van der Waals surface area contributed by atoms with Gasteiger partial charge >= 0.3 is 0 Å². The Balaban J connectivity index is 1.30. The molecule has 7 nitrogen and oxygen atoms in total. The highest BCUT2D eigenvalue weighted by Crippen LogP contribution is 2.49. The number of hydrogen-bond donors (Lipinski definition) is 2. The van der Waals surface area contributed by atoms with Crippen LogP contribution in [0.3, 0.4) is 0 Å². The van der Waals surface area contributed by atoms with Crippen molar-refractivity contribution in [1.29, 1.82) is 0 Å². The molecule has 4 aliphatic heterocycles. The van der Waals surface area contributed by atoms with Gasteiger partial charge in [-0.1, -0.05) is 17.5 Å². The van der Waals surface area contributed by atoms with Gasteiger partial charge in [0.15, 0.2) is 5.82 Å². The molecular formula is C30H30ClFN6O. The van der Waals surface area contributed by atoms with Crippen molar-refractivity contribution in [3.8, 4) is 28.8 Å². The van der Waals surface area contributed by atoms with Crippen molar-refractivity contribution in [3.05, 3.63) is 40.6 Å². The lowest BCUT2D eigenvalue weighted by atomic mass is 9.95. The van der Waals surface area contributed by atoms with Gasteiger partial charge in [-0.05, 0) is 87.6 Å². The van der Waals surface area contributed by atoms with Gasteiger partial charge in [0.05, 0.1) is 10.9 Å². The average molecular weight is 545 g/mol. The van der Waals surface area contributed by atoms with Crippen LogP contribution in [-0.4, -0.2) is 68.8 Å². The quantitative estimate of drug-likeness (QED) is 0.467. The molecule has 4 saturated heterocycles. The maximum Gasteiger partial charge on any atom is 0.207 e. The highest BCUT2D eigenvalue weighted by Gasteiger charge is 2.43. The van der Waals surface area contributed by atoms with Gasteiger partial charge in [-0.15, -0.1) is 0 Å². The molecule has 200 valence electrons. The van der Waals surface area contributed by atoms with Crippen molar-refractivity contribution in [2.24, 2.45) is 0 Å². The highest BCUT2D eigenvalue weighted by atomic mass is 35.5. The normalized spacial score (nSPS) is 25.3. The first-order chi connectivity index (χ1) is 19.0. The van der Waals surface area contributed by atoms with Crippen molar-refractivity contribution in [3.63, 3.8) is 0 Å². The summed E-state index contributed by atoms with van der Waals surface area (Å²) >= 11 is 6.54. The van der Waals surface area contributed by atoms with E-state index in [0.717, 1.165) is 76.7 Å². The second-order valence-electron chi connectivity index (χ2n) is 11.8. The Labute approximate surface area is 231 Å². The average Bonchev–Trinajstić information content (AvgIpc) is 3.23. The predicted octanol–water partition coefficient (Wildman–Crippen LogP) is 4.60. The molecule has 8 rings (SSSR count). The molecule has 0 unspecified atom stereocenters. The van der Waals surface area contributed by atoms with E-state index in [1.165, 1.54) is 6.07 Å². The zero-order valence-electron chi connectivity index (χ0n) is 21.7. The van der Waals surface area contributed by atoms with Crippen molar-refractivity contribution in [2.75, 3.05) is 31.1 Å². The minimum absolute atomic E-state index is 0.00633. The third-order valence-electron chi connectivity index (χ3n) is 9.40. The summed E-state index contributed by atoms with van der Waals surface area (Å²) in [4.78, 5) is 19.0. The molecule has 5 fully saturated rings. The fourth-order valence-electron chi connectivity index (χ4n) is 7.39. The number of phenolic OH excluding ortho intramolecular Hbond substituents is 1. The number of aromatic nitrogens is 3. The number of benzene rings is 1. The molecule has 0 radical (unpaired) electrons. The van der Waals surface area contributed by atoms with Gasteiger partial charge in [0, 0.05) is 42.0 Å². The second kappa shape index (κ2) is 8.76. The Morgan fingerprint density at radius 3 is 2.69 bits per heavy atom. The lowest BCUT2D eigenvalue weighted by Crippen LogP contribution is -2.44. The van der Waals surface area contributed by atoms with Crippen LogP contribution in [0.5, 0.6) is 5.75 Å². The van der Waals surface area contributed by atoms with Crippen LogP contribution < -0.4 is 10.2 Å². The van der Waals surface area contributed by atoms with E-state index < -0.39 is 5.82 Å². The summed E-state index contributed by atoms with van der Waals surface area (Å²) in [6, 6.07) is 3.81. The van der Waals surface area contributed by atoms with E-state index in [1.54, 1.807) is 12.3 Å². The summed E-state index contributed by atoms with van der Waals surface area (Å²) in [5, 5.41) is 14.9. The number of pyridine rings is 1. The van der Waals surface area contributed by atoms with Crippen molar-refractivity contribution >= 4 is 28.3 Å². The van der Waals surface area contributed by atoms with Crippen LogP contribution in [0.15, 0.2) is 18.3 Å². The van der Waals surface area contributed by atoms with Crippen LogP contribution >= 0.6 is 11.6 Å². The Morgan fingerprint density at radius 2 is 1.97 bits per heavy atom. The maximum atomic E-state index is 16.5. The molecule has 1 aromatic carbocycles. The monoisotopic (exact) mass is 544 g/mol. The molecule has 2 N–H and O–H groups in total. The lowest BCUT2D eigenvalue weighted by Gasteiger charge is -2.29. The minimum atomic E-state index is -0.522. The third kappa shape index (κ3) is 3.81. The summed E-state index contributed by atoms with van der Waals surface area (Å²) < 4.78 is 16.5. The number of phenols is 1. The molecule has 1 aliphatic carbocycles. The summed E-state index contributed by atoms with van der Waals surface area (Å²) in [6.07, 6.45) is 9.14. The maximum absolute atomic E-state index is 16.5. The summed E-state index contributed by atoms with van der Waals surface area (Å²) in [5.41, 5.74) is 1.66. The number of fused-ring (bicyclic) bond motifs is 4. The summed E-state index contributed by atoms with van der Waals surface area (Å²) in [6.45, 7) is 3.87. The number of nitrogens with one attached hydrogen (secondary N) is 1. The first kappa shape index (κ1) is 23.9. The molecule has 2 bridgehead atoms. The topological polar surface area (TPSA) is 77.4 Å². The van der Waals surface area contributed by atoms with Gasteiger partial charge in [-0.3, -0.25) is 9.88 Å². The van der Waals surface area contributed by atoms with Crippen molar-refractivity contribution in [2.45, 2.75) is 68.5 Å². The van der Waals surface area contributed by atoms with Gasteiger partial charge < -0.3 is 15.3 Å². The smallest absolute Gasteiger partial charge is 0.207 e. The SMILES string of the molecule is Oc1cc(Cl)c(C2CC2)c(-c2ncc3c(N4C[C@@H]5C[C@H]4CN5)nc(C#CC45CCCN4CCC5)nc3c2F)c1. The summed E-state index contributed by atoms with van der Waals surface area (Å²) in [5.74, 6) is 7.61. The van der Waals surface area contributed by atoms with E-state index in [0.29, 0.717) is 39.7 Å². The number of halogens is 2. The fourth-order valence-corrected chi connectivity index (χ4v) is 7.76. The van der Waals surface area contributed by atoms with Crippen molar-refractivity contribution in [1.82, 2.24) is 25.2 Å². The number of piperazine rings is 1. The van der Waals surface area contributed by atoms with E-state index in [2.05, 4.69) is 31.9 Å². The zero-order valence-corrected chi connectivity index (χ0v) is 22.4. The number of nitrogens with zero attached hydrogens (tertiary/aromatic N) is 5. The second-order valence-corrected chi connectivity index (χ2v) is 12.2. The van der Waals surface area contributed by atoms with Gasteiger partial charge in [0.2, 0.25) is 5.82 Å². The van der Waals surface area contributed by atoms with Crippen LogP contribution in [0.1, 0.15) is 62.3 Å². The predicted molar refractivity (Wildman–Crippen MR) is 149 cm³/mol. The molecule has 0 spiro atoms. The first-order valence-corrected chi connectivity index (χ1v) is 14.5.